The number of likely N-dealkylation sites (tertiary alicyclic amines) is 1. The van der Waals surface area contributed by atoms with E-state index in [9.17, 15) is 0 Å². The normalized spacial score (nSPS) is 21.9. The van der Waals surface area contributed by atoms with E-state index >= 15 is 0 Å². The first-order valence-electron chi connectivity index (χ1n) is 13.6. The van der Waals surface area contributed by atoms with Crippen molar-refractivity contribution in [3.8, 4) is 0 Å². The van der Waals surface area contributed by atoms with Crippen LogP contribution in [0.2, 0.25) is 0 Å². The summed E-state index contributed by atoms with van der Waals surface area (Å²) in [6, 6.07) is 0.757. The van der Waals surface area contributed by atoms with Gasteiger partial charge in [0.2, 0.25) is 0 Å². The topological polar surface area (TPSA) is 15.3 Å². The summed E-state index contributed by atoms with van der Waals surface area (Å²) in [5.74, 6) is 1.91. The predicted octanol–water partition coefficient (Wildman–Crippen LogP) is 7.42. The van der Waals surface area contributed by atoms with Crippen molar-refractivity contribution < 1.29 is 0 Å². The zero-order valence-electron chi connectivity index (χ0n) is 20.6. The average Bonchev–Trinajstić information content (AvgIpc) is 2.71. The van der Waals surface area contributed by atoms with Crippen LogP contribution in [0.4, 0.5) is 0 Å². The zero-order chi connectivity index (χ0) is 21.0. The van der Waals surface area contributed by atoms with Gasteiger partial charge in [0.05, 0.1) is 0 Å². The van der Waals surface area contributed by atoms with Gasteiger partial charge in [-0.2, -0.15) is 0 Å². The van der Waals surface area contributed by atoms with Gasteiger partial charge < -0.3 is 10.2 Å². The highest BCUT2D eigenvalue weighted by molar-refractivity contribution is 4.98. The fourth-order valence-electron chi connectivity index (χ4n) is 6.02. The first kappa shape index (κ1) is 25.2. The molecule has 0 aromatic heterocycles. The first-order valence-corrected chi connectivity index (χ1v) is 13.6. The summed E-state index contributed by atoms with van der Waals surface area (Å²) >= 11 is 0. The number of rotatable bonds is 16. The summed E-state index contributed by atoms with van der Waals surface area (Å²) in [5, 5.41) is 3.88. The third-order valence-electron chi connectivity index (χ3n) is 8.06. The van der Waals surface area contributed by atoms with Crippen molar-refractivity contribution in [3.05, 3.63) is 0 Å². The summed E-state index contributed by atoms with van der Waals surface area (Å²) in [5.41, 5.74) is 0.710. The van der Waals surface area contributed by atoms with Crippen molar-refractivity contribution in [2.45, 2.75) is 130 Å². The Labute approximate surface area is 184 Å². The molecule has 2 unspecified atom stereocenters. The Morgan fingerprint density at radius 3 is 2.14 bits per heavy atom. The molecule has 29 heavy (non-hydrogen) atoms. The van der Waals surface area contributed by atoms with E-state index < -0.39 is 0 Å². The number of nitrogens with zero attached hydrogens (tertiary/aromatic N) is 1. The first-order chi connectivity index (χ1) is 14.1. The van der Waals surface area contributed by atoms with E-state index in [1.54, 1.807) is 0 Å². The fourth-order valence-corrected chi connectivity index (χ4v) is 6.02. The summed E-state index contributed by atoms with van der Waals surface area (Å²) in [6.45, 7) is 14.8. The molecule has 172 valence electrons. The number of hydrogen-bond donors (Lipinski definition) is 1. The lowest BCUT2D eigenvalue weighted by Crippen LogP contribution is -2.58. The van der Waals surface area contributed by atoms with Gasteiger partial charge in [-0.25, -0.2) is 0 Å². The van der Waals surface area contributed by atoms with Crippen LogP contribution < -0.4 is 5.32 Å². The van der Waals surface area contributed by atoms with Gasteiger partial charge in [-0.3, -0.25) is 0 Å². The second kappa shape index (κ2) is 14.1. The van der Waals surface area contributed by atoms with Crippen LogP contribution in [0.15, 0.2) is 0 Å². The summed E-state index contributed by atoms with van der Waals surface area (Å²) in [7, 11) is 0. The highest BCUT2D eigenvalue weighted by Gasteiger charge is 2.45. The Balaban J connectivity index is 1.64. The molecule has 0 aromatic carbocycles. The molecule has 1 saturated carbocycles. The van der Waals surface area contributed by atoms with Gasteiger partial charge in [0.25, 0.3) is 0 Å². The fraction of sp³-hybridized carbons (Fsp3) is 1.00. The van der Waals surface area contributed by atoms with Crippen molar-refractivity contribution in [2.75, 3.05) is 26.2 Å². The highest BCUT2D eigenvalue weighted by atomic mass is 15.2. The summed E-state index contributed by atoms with van der Waals surface area (Å²) in [4.78, 5) is 2.83. The van der Waals surface area contributed by atoms with Crippen LogP contribution in [0, 0.1) is 17.3 Å². The van der Waals surface area contributed by atoms with Crippen molar-refractivity contribution in [1.82, 2.24) is 10.2 Å². The molecule has 1 N–H and O–H groups in total. The SMILES string of the molecule is CCCCCCC(CCCC)CN1CC2(CCC(CNC(CC)CCC)CC2)C1. The quantitative estimate of drug-likeness (QED) is 0.268. The molecule has 1 saturated heterocycles. The Bertz CT molecular complexity index is 391. The molecule has 0 aromatic rings. The Hall–Kier alpha value is -0.0800. The van der Waals surface area contributed by atoms with Gasteiger partial charge in [0.1, 0.15) is 0 Å². The number of hydrogen-bond acceptors (Lipinski definition) is 2. The van der Waals surface area contributed by atoms with E-state index in [-0.39, 0.29) is 0 Å². The maximum absolute atomic E-state index is 3.88. The van der Waals surface area contributed by atoms with Crippen LogP contribution in [0.5, 0.6) is 0 Å². The lowest BCUT2D eigenvalue weighted by Gasteiger charge is -2.54. The maximum Gasteiger partial charge on any atom is 0.00644 e. The van der Waals surface area contributed by atoms with Crippen molar-refractivity contribution >= 4 is 0 Å². The van der Waals surface area contributed by atoms with E-state index in [0.29, 0.717) is 5.41 Å². The van der Waals surface area contributed by atoms with Crippen molar-refractivity contribution in [1.29, 1.82) is 0 Å². The van der Waals surface area contributed by atoms with Crippen molar-refractivity contribution in [2.24, 2.45) is 17.3 Å². The number of nitrogens with one attached hydrogen (secondary N) is 1. The molecule has 2 fully saturated rings. The molecular weight excluding hydrogens is 352 g/mol. The molecule has 1 aliphatic heterocycles. The summed E-state index contributed by atoms with van der Waals surface area (Å²) < 4.78 is 0. The van der Waals surface area contributed by atoms with Crippen LogP contribution in [-0.4, -0.2) is 37.1 Å². The molecule has 0 amide bonds. The minimum absolute atomic E-state index is 0.710. The largest absolute Gasteiger partial charge is 0.314 e. The molecule has 1 heterocycles. The van der Waals surface area contributed by atoms with Gasteiger partial charge in [-0.05, 0) is 75.2 Å². The molecule has 2 heteroatoms. The van der Waals surface area contributed by atoms with Gasteiger partial charge in [-0.15, -0.1) is 0 Å². The van der Waals surface area contributed by atoms with E-state index in [1.165, 1.54) is 122 Å². The monoisotopic (exact) mass is 406 g/mol. The zero-order valence-corrected chi connectivity index (χ0v) is 20.6. The molecular formula is C27H54N2. The smallest absolute Gasteiger partial charge is 0.00644 e. The maximum atomic E-state index is 3.88. The lowest BCUT2D eigenvalue weighted by molar-refractivity contribution is -0.0468. The van der Waals surface area contributed by atoms with Crippen LogP contribution in [0.1, 0.15) is 124 Å². The molecule has 0 bridgehead atoms. The van der Waals surface area contributed by atoms with Gasteiger partial charge in [0.15, 0.2) is 0 Å². The number of unbranched alkanes of at least 4 members (excludes halogenated alkanes) is 4. The van der Waals surface area contributed by atoms with E-state index in [4.69, 9.17) is 0 Å². The summed E-state index contributed by atoms with van der Waals surface area (Å²) in [6.07, 6.45) is 21.3. The second-order valence-electron chi connectivity index (χ2n) is 10.8. The van der Waals surface area contributed by atoms with E-state index in [2.05, 4.69) is 37.9 Å². The molecule has 2 atom stereocenters. The van der Waals surface area contributed by atoms with Gasteiger partial charge in [-0.1, -0.05) is 72.6 Å². The lowest BCUT2D eigenvalue weighted by atomic mass is 9.65. The Morgan fingerprint density at radius 1 is 0.828 bits per heavy atom. The molecule has 2 aliphatic rings. The standard InChI is InChI=1S/C27H54N2/c1-5-9-11-12-15-25(14-10-6-2)21-29-22-27(23-29)18-16-24(17-19-27)20-28-26(8-4)13-7-3/h24-26,28H,5-23H2,1-4H3. The highest BCUT2D eigenvalue weighted by Crippen LogP contribution is 2.46. The minimum atomic E-state index is 0.710. The Kier molecular flexibility index (Phi) is 12.2. The van der Waals surface area contributed by atoms with Crippen LogP contribution in [0.3, 0.4) is 0 Å². The van der Waals surface area contributed by atoms with Gasteiger partial charge >= 0.3 is 0 Å². The van der Waals surface area contributed by atoms with Crippen LogP contribution in [-0.2, 0) is 0 Å². The second-order valence-corrected chi connectivity index (χ2v) is 10.8. The Morgan fingerprint density at radius 2 is 1.52 bits per heavy atom. The average molecular weight is 407 g/mol. The third kappa shape index (κ3) is 8.90. The van der Waals surface area contributed by atoms with E-state index in [0.717, 1.165) is 17.9 Å². The molecule has 2 nitrogen and oxygen atoms in total. The molecule has 1 spiro atoms. The molecule has 2 rings (SSSR count). The minimum Gasteiger partial charge on any atom is -0.314 e. The third-order valence-corrected chi connectivity index (χ3v) is 8.06. The predicted molar refractivity (Wildman–Crippen MR) is 130 cm³/mol. The van der Waals surface area contributed by atoms with E-state index in [1.807, 2.05) is 0 Å². The van der Waals surface area contributed by atoms with Crippen LogP contribution >= 0.6 is 0 Å². The van der Waals surface area contributed by atoms with Crippen LogP contribution in [0.25, 0.3) is 0 Å². The molecule has 0 radical (unpaired) electrons. The van der Waals surface area contributed by atoms with Crippen molar-refractivity contribution in [3.63, 3.8) is 0 Å². The molecule has 1 aliphatic carbocycles. The van der Waals surface area contributed by atoms with Gasteiger partial charge in [0, 0.05) is 25.7 Å².